The quantitative estimate of drug-likeness (QED) is 0.305. The lowest BCUT2D eigenvalue weighted by Gasteiger charge is -2.16. The van der Waals surface area contributed by atoms with E-state index in [0.717, 1.165) is 16.6 Å². The largest absolute Gasteiger partial charge is 0.390 e. The van der Waals surface area contributed by atoms with Crippen molar-refractivity contribution in [3.05, 3.63) is 54.0 Å². The molecule has 0 aromatic carbocycles. The van der Waals surface area contributed by atoms with Gasteiger partial charge >= 0.3 is 0 Å². The Kier molecular flexibility index (Phi) is 6.91. The number of nitrogens with zero attached hydrogens (tertiary/aromatic N) is 4. The lowest BCUT2D eigenvalue weighted by molar-refractivity contribution is 0.0722. The highest BCUT2D eigenvalue weighted by Crippen LogP contribution is 2.21. The summed E-state index contributed by atoms with van der Waals surface area (Å²) in [6.07, 6.45) is 7.12. The van der Waals surface area contributed by atoms with Crippen LogP contribution in [-0.2, 0) is 0 Å². The molecular formula is C23H29N7O. The van der Waals surface area contributed by atoms with Crippen LogP contribution < -0.4 is 10.6 Å². The molecule has 3 aromatic heterocycles. The molecule has 0 aliphatic heterocycles. The molecule has 0 aliphatic rings. The van der Waals surface area contributed by atoms with Gasteiger partial charge in [-0.2, -0.15) is 5.10 Å². The maximum absolute atomic E-state index is 9.81. The van der Waals surface area contributed by atoms with Gasteiger partial charge in [-0.05, 0) is 56.0 Å². The molecule has 8 heteroatoms. The summed E-state index contributed by atoms with van der Waals surface area (Å²) >= 11 is 0. The third-order valence-electron chi connectivity index (χ3n) is 4.76. The molecule has 8 nitrogen and oxygen atoms in total. The molecule has 0 atom stereocenters. The zero-order chi connectivity index (χ0) is 22.4. The first-order chi connectivity index (χ1) is 14.7. The van der Waals surface area contributed by atoms with E-state index in [1.165, 1.54) is 6.21 Å². The van der Waals surface area contributed by atoms with Crippen molar-refractivity contribution in [1.29, 1.82) is 5.41 Å². The van der Waals surface area contributed by atoms with Crippen LogP contribution in [0.3, 0.4) is 0 Å². The average Bonchev–Trinajstić information content (AvgIpc) is 2.73. The Morgan fingerprint density at radius 3 is 2.68 bits per heavy atom. The van der Waals surface area contributed by atoms with Gasteiger partial charge in [0.1, 0.15) is 5.82 Å². The van der Waals surface area contributed by atoms with E-state index in [9.17, 15) is 5.11 Å². The van der Waals surface area contributed by atoms with Crippen LogP contribution in [0.5, 0.6) is 0 Å². The maximum Gasteiger partial charge on any atom is 0.154 e. The van der Waals surface area contributed by atoms with Crippen molar-refractivity contribution in [3.63, 3.8) is 0 Å². The van der Waals surface area contributed by atoms with E-state index in [-0.39, 0.29) is 0 Å². The van der Waals surface area contributed by atoms with Gasteiger partial charge in [0.15, 0.2) is 5.82 Å². The zero-order valence-corrected chi connectivity index (χ0v) is 18.3. The van der Waals surface area contributed by atoms with Crippen molar-refractivity contribution in [2.45, 2.75) is 45.6 Å². The molecule has 0 amide bonds. The zero-order valence-electron chi connectivity index (χ0n) is 18.3. The molecule has 0 fully saturated rings. The van der Waals surface area contributed by atoms with E-state index in [0.29, 0.717) is 41.6 Å². The number of rotatable bonds is 9. The third-order valence-corrected chi connectivity index (χ3v) is 4.76. The van der Waals surface area contributed by atoms with Gasteiger partial charge < -0.3 is 21.1 Å². The minimum absolute atomic E-state index is 0.357. The number of aromatic nitrogens is 4. The fourth-order valence-electron chi connectivity index (χ4n) is 2.89. The number of nitrogens with one attached hydrogen (secondary N) is 3. The summed E-state index contributed by atoms with van der Waals surface area (Å²) in [5, 5.41) is 32.1. The summed E-state index contributed by atoms with van der Waals surface area (Å²) in [5.74, 6) is 1.64. The van der Waals surface area contributed by atoms with Gasteiger partial charge in [0.05, 0.1) is 22.8 Å². The molecule has 31 heavy (non-hydrogen) atoms. The van der Waals surface area contributed by atoms with Gasteiger partial charge in [-0.25, -0.2) is 4.98 Å². The second kappa shape index (κ2) is 9.61. The summed E-state index contributed by atoms with van der Waals surface area (Å²) in [6.45, 7) is 8.35. The number of aliphatic hydroxyl groups is 1. The summed E-state index contributed by atoms with van der Waals surface area (Å²) in [4.78, 5) is 9.13. The van der Waals surface area contributed by atoms with Crippen LogP contribution >= 0.6 is 0 Å². The molecule has 0 radical (unpaired) electrons. The molecule has 0 saturated carbocycles. The smallest absolute Gasteiger partial charge is 0.154 e. The Bertz CT molecular complexity index is 1090. The van der Waals surface area contributed by atoms with Crippen molar-refractivity contribution >= 4 is 34.5 Å². The van der Waals surface area contributed by atoms with Gasteiger partial charge in [0.25, 0.3) is 0 Å². The molecule has 162 valence electrons. The lowest BCUT2D eigenvalue weighted by atomic mass is 10.1. The number of anilines is 2. The Balaban J connectivity index is 1.81. The first kappa shape index (κ1) is 22.3. The van der Waals surface area contributed by atoms with Crippen molar-refractivity contribution in [2.24, 2.45) is 0 Å². The standard InChI is InChI=1S/C23H29N7O/c1-15(2)16-10-22(30-27-14-16)29-21-6-5-19-20(28-21)9-17(13-26-19)18(11-24)12-25-8-7-23(3,4)31/h5-6,9-15,24-25,31H,7-8H2,1-4H3,(H,28,29,30)/b18-12+,24-11?. The number of fused-ring (bicyclic) bond motifs is 1. The van der Waals surface area contributed by atoms with Gasteiger partial charge in [0.2, 0.25) is 0 Å². The van der Waals surface area contributed by atoms with Crippen LogP contribution in [0.1, 0.15) is 51.2 Å². The molecule has 3 aromatic rings. The molecule has 3 heterocycles. The number of hydrogen-bond acceptors (Lipinski definition) is 8. The number of pyridine rings is 2. The second-order valence-electron chi connectivity index (χ2n) is 8.37. The molecular weight excluding hydrogens is 390 g/mol. The summed E-state index contributed by atoms with van der Waals surface area (Å²) in [7, 11) is 0. The molecule has 0 saturated heterocycles. The molecule has 4 N–H and O–H groups in total. The minimum Gasteiger partial charge on any atom is -0.390 e. The fourth-order valence-corrected chi connectivity index (χ4v) is 2.89. The number of allylic oxidation sites excluding steroid dienone is 1. The monoisotopic (exact) mass is 419 g/mol. The second-order valence-corrected chi connectivity index (χ2v) is 8.37. The SMILES string of the molecule is CC(C)c1cnnc(Nc2ccc3ncc(/C(C=N)=C/NCCC(C)(C)O)cc3n2)c1. The van der Waals surface area contributed by atoms with Crippen LogP contribution in [0.2, 0.25) is 0 Å². The van der Waals surface area contributed by atoms with Crippen LogP contribution in [0.15, 0.2) is 42.9 Å². The van der Waals surface area contributed by atoms with Crippen molar-refractivity contribution in [3.8, 4) is 0 Å². The van der Waals surface area contributed by atoms with Gasteiger partial charge in [-0.15, -0.1) is 5.10 Å². The minimum atomic E-state index is -0.734. The topological polar surface area (TPSA) is 120 Å². The van der Waals surface area contributed by atoms with Gasteiger partial charge in [-0.3, -0.25) is 4.98 Å². The van der Waals surface area contributed by atoms with E-state index in [1.807, 2.05) is 24.3 Å². The number of hydrogen-bond donors (Lipinski definition) is 4. The van der Waals surface area contributed by atoms with Crippen molar-refractivity contribution < 1.29 is 5.11 Å². The van der Waals surface area contributed by atoms with E-state index < -0.39 is 5.60 Å². The normalized spacial score (nSPS) is 12.3. The highest BCUT2D eigenvalue weighted by Gasteiger charge is 2.11. The molecule has 0 spiro atoms. The Morgan fingerprint density at radius 1 is 1.16 bits per heavy atom. The lowest BCUT2D eigenvalue weighted by Crippen LogP contribution is -2.24. The molecule has 0 bridgehead atoms. The van der Waals surface area contributed by atoms with Crippen LogP contribution in [0.4, 0.5) is 11.6 Å². The predicted octanol–water partition coefficient (Wildman–Crippen LogP) is 4.03. The summed E-state index contributed by atoms with van der Waals surface area (Å²) in [6, 6.07) is 7.61. The van der Waals surface area contributed by atoms with Gasteiger partial charge in [0, 0.05) is 36.3 Å². The van der Waals surface area contributed by atoms with Crippen molar-refractivity contribution in [1.82, 2.24) is 25.5 Å². The fraction of sp³-hybridized carbons (Fsp3) is 0.348. The van der Waals surface area contributed by atoms with Gasteiger partial charge in [-0.1, -0.05) is 13.8 Å². The average molecular weight is 420 g/mol. The van der Waals surface area contributed by atoms with E-state index in [4.69, 9.17) is 5.41 Å². The third kappa shape index (κ3) is 6.29. The van der Waals surface area contributed by atoms with E-state index >= 15 is 0 Å². The van der Waals surface area contributed by atoms with E-state index in [1.54, 1.807) is 32.4 Å². The first-order valence-electron chi connectivity index (χ1n) is 10.3. The van der Waals surface area contributed by atoms with Crippen LogP contribution in [0, 0.1) is 5.41 Å². The summed E-state index contributed by atoms with van der Waals surface area (Å²) in [5.41, 5.74) is 3.29. The molecule has 3 rings (SSSR count). The molecule has 0 aliphatic carbocycles. The Labute approximate surface area is 182 Å². The highest BCUT2D eigenvalue weighted by molar-refractivity contribution is 6.08. The highest BCUT2D eigenvalue weighted by atomic mass is 16.3. The van der Waals surface area contributed by atoms with E-state index in [2.05, 4.69) is 44.6 Å². The van der Waals surface area contributed by atoms with Crippen LogP contribution in [0.25, 0.3) is 16.6 Å². The molecule has 0 unspecified atom stereocenters. The van der Waals surface area contributed by atoms with Crippen LogP contribution in [-0.4, -0.2) is 43.6 Å². The van der Waals surface area contributed by atoms with Crippen molar-refractivity contribution in [2.75, 3.05) is 11.9 Å². The first-order valence-corrected chi connectivity index (χ1v) is 10.3. The maximum atomic E-state index is 9.81. The predicted molar refractivity (Wildman–Crippen MR) is 125 cm³/mol. The Hall–Kier alpha value is -3.39. The summed E-state index contributed by atoms with van der Waals surface area (Å²) < 4.78 is 0. The Morgan fingerprint density at radius 2 is 1.97 bits per heavy atom.